The minimum atomic E-state index is -5.14. The average molecular weight is 661 g/mol. The first-order valence-corrected chi connectivity index (χ1v) is 14.6. The summed E-state index contributed by atoms with van der Waals surface area (Å²) in [6.45, 7) is 2.31. The van der Waals surface area contributed by atoms with Crippen LogP contribution in [0, 0.1) is 24.0 Å². The predicted octanol–water partition coefficient (Wildman–Crippen LogP) is 5.05. The van der Waals surface area contributed by atoms with Crippen LogP contribution < -0.4 is 25.4 Å². The highest BCUT2D eigenvalue weighted by atomic mass is 19.4. The Morgan fingerprint density at radius 2 is 1.85 bits per heavy atom. The fourth-order valence-electron chi connectivity index (χ4n) is 7.12. The van der Waals surface area contributed by atoms with Crippen LogP contribution in [0.3, 0.4) is 0 Å². The van der Waals surface area contributed by atoms with Crippen LogP contribution in [0.2, 0.25) is 0 Å². The van der Waals surface area contributed by atoms with E-state index in [2.05, 4.69) is 20.3 Å². The number of nitrogens with one attached hydrogen (secondary N) is 1. The van der Waals surface area contributed by atoms with Crippen molar-refractivity contribution in [3.05, 3.63) is 28.8 Å². The van der Waals surface area contributed by atoms with Gasteiger partial charge in [0, 0.05) is 29.6 Å². The van der Waals surface area contributed by atoms with Gasteiger partial charge in [0.15, 0.2) is 11.9 Å². The van der Waals surface area contributed by atoms with Crippen molar-refractivity contribution in [1.82, 2.24) is 20.3 Å². The molecular weight excluding hydrogens is 632 g/mol. The summed E-state index contributed by atoms with van der Waals surface area (Å²) in [6, 6.07) is -0.389. The van der Waals surface area contributed by atoms with E-state index in [9.17, 15) is 35.8 Å². The van der Waals surface area contributed by atoms with Crippen LogP contribution in [-0.2, 0) is 6.18 Å². The number of pyridine rings is 1. The highest BCUT2D eigenvalue weighted by Gasteiger charge is 2.60. The fourth-order valence-corrected chi connectivity index (χ4v) is 7.12. The van der Waals surface area contributed by atoms with Gasteiger partial charge in [-0.15, -0.1) is 0 Å². The molecule has 5 atom stereocenters. The minimum Gasteiger partial charge on any atom is -0.472 e. The quantitative estimate of drug-likeness (QED) is 0.255. The molecule has 1 saturated carbocycles. The van der Waals surface area contributed by atoms with Crippen molar-refractivity contribution in [3.63, 3.8) is 0 Å². The van der Waals surface area contributed by atoms with Gasteiger partial charge in [-0.05, 0) is 51.2 Å². The number of hydrogen-bond donors (Lipinski definition) is 3. The van der Waals surface area contributed by atoms with Crippen molar-refractivity contribution in [3.8, 4) is 23.1 Å². The number of halogens is 8. The molecule has 4 aliphatic rings. The van der Waals surface area contributed by atoms with Gasteiger partial charge in [-0.1, -0.05) is 0 Å². The van der Waals surface area contributed by atoms with Crippen LogP contribution in [0.1, 0.15) is 43.7 Å². The van der Waals surface area contributed by atoms with Crippen molar-refractivity contribution in [2.45, 2.75) is 82.2 Å². The van der Waals surface area contributed by atoms with Crippen molar-refractivity contribution in [1.29, 1.82) is 0 Å². The molecule has 4 N–H and O–H groups in total. The van der Waals surface area contributed by atoms with E-state index in [-0.39, 0.29) is 42.0 Å². The highest BCUT2D eigenvalue weighted by Crippen LogP contribution is 2.53. The van der Waals surface area contributed by atoms with Crippen LogP contribution in [0.4, 0.5) is 46.6 Å². The Bertz CT molecular complexity index is 1750. The summed E-state index contributed by atoms with van der Waals surface area (Å²) in [7, 11) is 0. The highest BCUT2D eigenvalue weighted by molar-refractivity contribution is 5.97. The predicted molar refractivity (Wildman–Crippen MR) is 147 cm³/mol. The van der Waals surface area contributed by atoms with Gasteiger partial charge in [0.1, 0.15) is 34.3 Å². The summed E-state index contributed by atoms with van der Waals surface area (Å²) in [5.41, 5.74) is -1.31. The summed E-state index contributed by atoms with van der Waals surface area (Å²) < 4.78 is 126. The second kappa shape index (κ2) is 10.1. The zero-order valence-corrected chi connectivity index (χ0v) is 24.4. The Hall–Kier alpha value is -3.73. The molecule has 1 aliphatic carbocycles. The number of benzene rings is 1. The van der Waals surface area contributed by atoms with Gasteiger partial charge >= 0.3 is 18.4 Å². The summed E-state index contributed by atoms with van der Waals surface area (Å²) in [4.78, 5) is 14.6. The van der Waals surface area contributed by atoms with Crippen LogP contribution in [0.5, 0.6) is 11.9 Å². The van der Waals surface area contributed by atoms with Crippen LogP contribution >= 0.6 is 0 Å². The number of nitrogen functional groups attached to an aromatic ring is 1. The maximum absolute atomic E-state index is 16.6. The first kappa shape index (κ1) is 30.9. The number of hydrogen-bond acceptors (Lipinski definition) is 9. The van der Waals surface area contributed by atoms with Gasteiger partial charge in [-0.2, -0.15) is 36.3 Å². The summed E-state index contributed by atoms with van der Waals surface area (Å²) >= 11 is 0. The number of ether oxygens (including phenoxy) is 2. The molecule has 0 amide bonds. The normalized spacial score (nSPS) is 25.6. The lowest BCUT2D eigenvalue weighted by Crippen LogP contribution is -2.62. The Kier molecular flexibility index (Phi) is 6.81. The van der Waals surface area contributed by atoms with Crippen molar-refractivity contribution < 1.29 is 49.7 Å². The molecule has 3 aromatic rings. The number of nitrogens with zero attached hydrogens (tertiary/aromatic N) is 4. The maximum atomic E-state index is 16.6. The molecule has 248 valence electrons. The average Bonchev–Trinajstić information content (AvgIpc) is 3.70. The van der Waals surface area contributed by atoms with Gasteiger partial charge in [0.05, 0.1) is 23.9 Å². The molecule has 9 nitrogen and oxygen atoms in total. The molecule has 1 unspecified atom stereocenters. The fraction of sp³-hybridized carbons (Fsp3) is 0.552. The summed E-state index contributed by atoms with van der Waals surface area (Å²) in [5.74, 6) is -2.87. The Labute approximate surface area is 256 Å². The van der Waals surface area contributed by atoms with Crippen molar-refractivity contribution in [2.24, 2.45) is 5.41 Å². The van der Waals surface area contributed by atoms with Crippen molar-refractivity contribution in [2.75, 3.05) is 23.8 Å². The number of nitrogens with two attached hydrogens (primary N) is 1. The van der Waals surface area contributed by atoms with Gasteiger partial charge in [-0.25, -0.2) is 13.8 Å². The summed E-state index contributed by atoms with van der Waals surface area (Å²) in [5, 5.41) is 13.4. The molecule has 17 heteroatoms. The van der Waals surface area contributed by atoms with E-state index in [1.807, 2.05) is 4.90 Å². The number of alkyl halides is 6. The first-order chi connectivity index (χ1) is 21.5. The lowest BCUT2D eigenvalue weighted by molar-refractivity contribution is -0.227. The van der Waals surface area contributed by atoms with Crippen LogP contribution in [0.25, 0.3) is 22.2 Å². The maximum Gasteiger partial charge on any atom is 0.417 e. The first-order valence-electron chi connectivity index (χ1n) is 14.6. The zero-order valence-electron chi connectivity index (χ0n) is 24.4. The van der Waals surface area contributed by atoms with E-state index >= 15 is 4.39 Å². The molecule has 3 aliphatic heterocycles. The topological polar surface area (TPSA) is 119 Å². The Morgan fingerprint density at radius 1 is 1.13 bits per heavy atom. The third-order valence-corrected chi connectivity index (χ3v) is 9.56. The number of anilines is 2. The number of aromatic nitrogens is 3. The standard InChI is InChI=1S/C29H28F8N6O3/c1-10-17(28(32,33)34)13(7-14(38)18(10)30)20-19(31)21-16-23(42-26(41-21)45-9-27(5-6-27)25(44)29(35,36)37)43-8-12-3-4-15(39-12)22(43)11(2)46-24(16)40-20/h7,11-12,15,22,25,39,44H,3-6,8-9,38H2,1-2H3/t11-,12+,15-,22+,25?/m0/s1. The van der Waals surface area contributed by atoms with Gasteiger partial charge < -0.3 is 30.5 Å². The van der Waals surface area contributed by atoms with E-state index < -0.39 is 93.9 Å². The molecule has 2 saturated heterocycles. The zero-order chi connectivity index (χ0) is 33.1. The van der Waals surface area contributed by atoms with E-state index in [0.717, 1.165) is 19.8 Å². The van der Waals surface area contributed by atoms with E-state index in [1.54, 1.807) is 6.92 Å². The third-order valence-electron chi connectivity index (χ3n) is 9.56. The van der Waals surface area contributed by atoms with E-state index in [0.29, 0.717) is 12.6 Å². The molecule has 0 spiro atoms. The molecular formula is C29H28F8N6O3. The second-order valence-electron chi connectivity index (χ2n) is 12.6. The number of piperazine rings is 1. The lowest BCUT2D eigenvalue weighted by Gasteiger charge is -2.42. The molecule has 7 rings (SSSR count). The SMILES string of the molecule is Cc1c(F)c(N)cc(-c2nc3c4c(nc(OCC5(C(O)C(F)(F)F)CC5)nc4c2F)N2C[C@H]4CC[C@H](N4)[C@H]2[C@H](C)O3)c1C(F)(F)F. The molecule has 5 heterocycles. The van der Waals surface area contributed by atoms with Gasteiger partial charge in [-0.3, -0.25) is 0 Å². The number of aliphatic hydroxyl groups is 1. The molecule has 46 heavy (non-hydrogen) atoms. The second-order valence-corrected chi connectivity index (χ2v) is 12.6. The van der Waals surface area contributed by atoms with Gasteiger partial charge in [0.25, 0.3) is 0 Å². The smallest absolute Gasteiger partial charge is 0.417 e. The van der Waals surface area contributed by atoms with Crippen LogP contribution in [-0.4, -0.2) is 69.7 Å². The molecule has 3 fully saturated rings. The Morgan fingerprint density at radius 3 is 2.50 bits per heavy atom. The number of fused-ring (bicyclic) bond motifs is 5. The van der Waals surface area contributed by atoms with E-state index in [1.165, 1.54) is 0 Å². The molecule has 2 bridgehead atoms. The van der Waals surface area contributed by atoms with E-state index in [4.69, 9.17) is 15.2 Å². The third kappa shape index (κ3) is 4.76. The molecule has 1 aromatic carbocycles. The largest absolute Gasteiger partial charge is 0.472 e. The minimum absolute atomic E-state index is 0.000828. The molecule has 2 aromatic heterocycles. The lowest BCUT2D eigenvalue weighted by atomic mass is 9.96. The van der Waals surface area contributed by atoms with Crippen molar-refractivity contribution >= 4 is 22.4 Å². The monoisotopic (exact) mass is 660 g/mol. The van der Waals surface area contributed by atoms with Gasteiger partial charge in [0.2, 0.25) is 5.88 Å². The number of aliphatic hydroxyl groups excluding tert-OH is 1. The molecule has 0 radical (unpaired) electrons. The Balaban J connectivity index is 1.44. The summed E-state index contributed by atoms with van der Waals surface area (Å²) in [6.07, 6.45) is -11.8. The number of rotatable bonds is 5. The van der Waals surface area contributed by atoms with Crippen LogP contribution in [0.15, 0.2) is 6.07 Å².